The van der Waals surface area contributed by atoms with Gasteiger partial charge in [0.05, 0.1) is 6.26 Å². The summed E-state index contributed by atoms with van der Waals surface area (Å²) in [5.41, 5.74) is 3.15. The van der Waals surface area contributed by atoms with Crippen molar-refractivity contribution in [2.45, 2.75) is 25.3 Å². The molecule has 1 N–H and O–H groups in total. The van der Waals surface area contributed by atoms with E-state index in [-0.39, 0.29) is 11.9 Å². The fourth-order valence-electron chi connectivity index (χ4n) is 3.72. The number of hydrogen-bond donors (Lipinski definition) is 1. The van der Waals surface area contributed by atoms with Gasteiger partial charge in [0.2, 0.25) is 5.88 Å². The van der Waals surface area contributed by atoms with E-state index in [9.17, 15) is 4.79 Å². The van der Waals surface area contributed by atoms with E-state index in [0.717, 1.165) is 25.1 Å². The predicted octanol–water partition coefficient (Wildman–Crippen LogP) is 3.93. The smallest absolute Gasteiger partial charge is 0.267 e. The lowest BCUT2D eigenvalue weighted by Gasteiger charge is -2.31. The van der Waals surface area contributed by atoms with E-state index in [1.54, 1.807) is 6.26 Å². The Kier molecular flexibility index (Phi) is 5.33. The molecule has 144 valence electrons. The highest BCUT2D eigenvalue weighted by atomic mass is 16.3. The van der Waals surface area contributed by atoms with Crippen LogP contribution in [0.25, 0.3) is 0 Å². The minimum Gasteiger partial charge on any atom is -0.448 e. The van der Waals surface area contributed by atoms with Gasteiger partial charge in [0.1, 0.15) is 5.69 Å². The van der Waals surface area contributed by atoms with Gasteiger partial charge in [-0.3, -0.25) is 4.79 Å². The lowest BCUT2D eigenvalue weighted by Crippen LogP contribution is -2.38. The molecule has 5 heteroatoms. The van der Waals surface area contributed by atoms with Gasteiger partial charge in [-0.1, -0.05) is 36.4 Å². The molecule has 0 spiro atoms. The Morgan fingerprint density at radius 3 is 2.82 bits per heavy atom. The molecule has 1 unspecified atom stereocenters. The van der Waals surface area contributed by atoms with Crippen LogP contribution >= 0.6 is 0 Å². The molecule has 0 saturated carbocycles. The fraction of sp³-hybridized carbons (Fsp3) is 0.261. The first kappa shape index (κ1) is 18.2. The summed E-state index contributed by atoms with van der Waals surface area (Å²) in [6, 6.07) is 16.4. The van der Waals surface area contributed by atoms with Gasteiger partial charge < -0.3 is 19.2 Å². The van der Waals surface area contributed by atoms with Crippen molar-refractivity contribution in [3.05, 3.63) is 90.1 Å². The van der Waals surface area contributed by atoms with Crippen molar-refractivity contribution in [2.24, 2.45) is 7.05 Å². The van der Waals surface area contributed by atoms with Crippen LogP contribution in [0.2, 0.25) is 0 Å². The fourth-order valence-corrected chi connectivity index (χ4v) is 3.72. The number of carbonyl (C=O) groups is 1. The summed E-state index contributed by atoms with van der Waals surface area (Å²) < 4.78 is 7.61. The maximum absolute atomic E-state index is 12.4. The molecule has 1 atom stereocenters. The molecule has 1 aliphatic heterocycles. The monoisotopic (exact) mass is 375 g/mol. The number of aromatic nitrogens is 1. The highest BCUT2D eigenvalue weighted by molar-refractivity contribution is 5.92. The van der Waals surface area contributed by atoms with E-state index >= 15 is 0 Å². The van der Waals surface area contributed by atoms with E-state index in [2.05, 4.69) is 46.8 Å². The molecule has 3 heterocycles. The van der Waals surface area contributed by atoms with E-state index < -0.39 is 0 Å². The van der Waals surface area contributed by atoms with E-state index in [1.165, 1.54) is 11.1 Å². The number of fused-ring (bicyclic) bond motifs is 1. The molecule has 0 saturated heterocycles. The maximum Gasteiger partial charge on any atom is 0.267 e. The zero-order valence-electron chi connectivity index (χ0n) is 16.0. The Balaban J connectivity index is 1.47. The number of furan rings is 1. The van der Waals surface area contributed by atoms with Crippen LogP contribution in [0.3, 0.4) is 0 Å². The molecule has 0 fully saturated rings. The molecule has 1 aromatic carbocycles. The van der Waals surface area contributed by atoms with Crippen molar-refractivity contribution < 1.29 is 9.21 Å². The standard InChI is InChI=1S/C23H25N3O2/c1-25-14-6-10-21(25)22(27)24-13-11-20(17-18-7-3-2-4-8-18)26-15-5-9-19-12-16-28-23(19)26/h2-8,10,12,14-16,20H,9,11,13,17H2,1H3,(H,24,27). The summed E-state index contributed by atoms with van der Waals surface area (Å²) in [4.78, 5) is 14.6. The predicted molar refractivity (Wildman–Crippen MR) is 110 cm³/mol. The van der Waals surface area contributed by atoms with Crippen LogP contribution in [-0.2, 0) is 19.9 Å². The molecule has 28 heavy (non-hydrogen) atoms. The maximum atomic E-state index is 12.4. The Bertz CT molecular complexity index is 955. The summed E-state index contributed by atoms with van der Waals surface area (Å²) in [6.45, 7) is 0.599. The molecule has 4 rings (SSSR count). The van der Waals surface area contributed by atoms with Crippen LogP contribution in [0.15, 0.2) is 77.7 Å². The number of nitrogens with zero attached hydrogens (tertiary/aromatic N) is 2. The normalized spacial score (nSPS) is 14.0. The molecule has 0 aliphatic carbocycles. The van der Waals surface area contributed by atoms with Crippen molar-refractivity contribution in [3.8, 4) is 0 Å². The van der Waals surface area contributed by atoms with Gasteiger partial charge in [0.15, 0.2) is 0 Å². The highest BCUT2D eigenvalue weighted by Crippen LogP contribution is 2.30. The largest absolute Gasteiger partial charge is 0.448 e. The molecule has 1 aliphatic rings. The van der Waals surface area contributed by atoms with Gasteiger partial charge >= 0.3 is 0 Å². The van der Waals surface area contributed by atoms with Crippen LogP contribution in [0.5, 0.6) is 0 Å². The second-order valence-electron chi connectivity index (χ2n) is 7.14. The second kappa shape index (κ2) is 8.21. The highest BCUT2D eigenvalue weighted by Gasteiger charge is 2.24. The molecule has 0 radical (unpaired) electrons. The number of hydrogen-bond acceptors (Lipinski definition) is 3. The molecular formula is C23H25N3O2. The molecule has 5 nitrogen and oxygen atoms in total. The van der Waals surface area contributed by atoms with E-state index in [4.69, 9.17) is 4.42 Å². The van der Waals surface area contributed by atoms with Gasteiger partial charge in [0.25, 0.3) is 5.91 Å². The van der Waals surface area contributed by atoms with Gasteiger partial charge in [-0.15, -0.1) is 0 Å². The third-order valence-corrected chi connectivity index (χ3v) is 5.21. The summed E-state index contributed by atoms with van der Waals surface area (Å²) in [5.74, 6) is 0.871. The quantitative estimate of drug-likeness (QED) is 0.681. The molecule has 3 aromatic rings. The van der Waals surface area contributed by atoms with Gasteiger partial charge in [0, 0.05) is 37.6 Å². The zero-order chi connectivity index (χ0) is 19.3. The summed E-state index contributed by atoms with van der Waals surface area (Å²) in [7, 11) is 1.88. The average Bonchev–Trinajstić information content (AvgIpc) is 3.36. The first-order chi connectivity index (χ1) is 13.7. The number of nitrogens with one attached hydrogen (secondary N) is 1. The summed E-state index contributed by atoms with van der Waals surface area (Å²) in [5, 5.41) is 3.06. The van der Waals surface area contributed by atoms with Crippen LogP contribution in [-0.4, -0.2) is 23.1 Å². The molecule has 1 amide bonds. The first-order valence-electron chi connectivity index (χ1n) is 9.67. The van der Waals surface area contributed by atoms with E-state index in [0.29, 0.717) is 12.2 Å². The number of anilines is 1. The van der Waals surface area contributed by atoms with Crippen LogP contribution in [0.4, 0.5) is 5.88 Å². The lowest BCUT2D eigenvalue weighted by atomic mass is 10.0. The summed E-state index contributed by atoms with van der Waals surface area (Å²) in [6.07, 6.45) is 10.5. The number of amides is 1. The van der Waals surface area contributed by atoms with Gasteiger partial charge in [-0.25, -0.2) is 0 Å². The molecule has 0 bridgehead atoms. The van der Waals surface area contributed by atoms with Crippen molar-refractivity contribution in [1.82, 2.24) is 9.88 Å². The zero-order valence-corrected chi connectivity index (χ0v) is 16.0. The minimum absolute atomic E-state index is 0.0427. The SMILES string of the molecule is Cn1cccc1C(=O)NCCC(Cc1ccccc1)N1C=CCc2ccoc21. The van der Waals surface area contributed by atoms with Crippen LogP contribution in [0, 0.1) is 0 Å². The van der Waals surface area contributed by atoms with Crippen LogP contribution in [0.1, 0.15) is 28.0 Å². The Morgan fingerprint density at radius 1 is 1.18 bits per heavy atom. The minimum atomic E-state index is -0.0427. The topological polar surface area (TPSA) is 50.4 Å². The number of carbonyl (C=O) groups excluding carboxylic acids is 1. The van der Waals surface area contributed by atoms with Crippen molar-refractivity contribution in [1.29, 1.82) is 0 Å². The van der Waals surface area contributed by atoms with Gasteiger partial charge in [-0.2, -0.15) is 0 Å². The first-order valence-corrected chi connectivity index (χ1v) is 9.67. The Morgan fingerprint density at radius 2 is 2.04 bits per heavy atom. The Hall–Kier alpha value is -3.21. The third-order valence-electron chi connectivity index (χ3n) is 5.21. The third kappa shape index (κ3) is 3.88. The summed E-state index contributed by atoms with van der Waals surface area (Å²) >= 11 is 0. The average molecular weight is 375 g/mol. The molecular weight excluding hydrogens is 350 g/mol. The van der Waals surface area contributed by atoms with Crippen molar-refractivity contribution in [2.75, 3.05) is 11.4 Å². The van der Waals surface area contributed by atoms with Crippen molar-refractivity contribution in [3.63, 3.8) is 0 Å². The van der Waals surface area contributed by atoms with E-state index in [1.807, 2.05) is 42.1 Å². The number of rotatable bonds is 7. The number of benzene rings is 1. The number of aryl methyl sites for hydroxylation is 1. The molecule has 2 aromatic heterocycles. The van der Waals surface area contributed by atoms with Crippen LogP contribution < -0.4 is 10.2 Å². The Labute approximate surface area is 165 Å². The number of allylic oxidation sites excluding steroid dienone is 1. The lowest BCUT2D eigenvalue weighted by molar-refractivity contribution is 0.0944. The second-order valence-corrected chi connectivity index (χ2v) is 7.14. The van der Waals surface area contributed by atoms with Gasteiger partial charge in [-0.05, 0) is 43.0 Å². The van der Waals surface area contributed by atoms with Crippen molar-refractivity contribution >= 4 is 11.8 Å².